The molecule has 1 aromatic heterocycles. The highest BCUT2D eigenvalue weighted by Gasteiger charge is 2.40. The van der Waals surface area contributed by atoms with E-state index in [1.54, 1.807) is 10.9 Å². The van der Waals surface area contributed by atoms with E-state index in [0.717, 1.165) is 44.4 Å². The van der Waals surface area contributed by atoms with Crippen molar-refractivity contribution in [2.24, 2.45) is 12.0 Å². The summed E-state index contributed by atoms with van der Waals surface area (Å²) in [6, 6.07) is 0. The molecule has 0 bridgehead atoms. The third-order valence-corrected chi connectivity index (χ3v) is 7.33. The molecule has 1 N–H and O–H groups in total. The summed E-state index contributed by atoms with van der Waals surface area (Å²) in [4.78, 5) is 27.2. The highest BCUT2D eigenvalue weighted by Crippen LogP contribution is 2.32. The molecule has 4 rings (SSSR count). The van der Waals surface area contributed by atoms with Crippen molar-refractivity contribution < 1.29 is 4.79 Å². The maximum absolute atomic E-state index is 12.9. The van der Waals surface area contributed by atoms with Gasteiger partial charge in [0.2, 0.25) is 5.91 Å². The minimum atomic E-state index is 0. The summed E-state index contributed by atoms with van der Waals surface area (Å²) in [6.45, 7) is 10.1. The van der Waals surface area contributed by atoms with E-state index in [1.165, 1.54) is 45.2 Å². The Balaban J connectivity index is 0.00000306. The number of rotatable bonds is 5. The number of nitrogens with one attached hydrogen (secondary N) is 1. The van der Waals surface area contributed by atoms with E-state index >= 15 is 0 Å². The summed E-state index contributed by atoms with van der Waals surface area (Å²) in [5.74, 6) is 0.974. The lowest BCUT2D eigenvalue weighted by Crippen LogP contribution is -2.59. The summed E-state index contributed by atoms with van der Waals surface area (Å²) >= 11 is 0. The van der Waals surface area contributed by atoms with Crippen LogP contribution in [0.1, 0.15) is 39.0 Å². The zero-order valence-corrected chi connectivity index (χ0v) is 22.8. The van der Waals surface area contributed by atoms with Crippen molar-refractivity contribution in [3.8, 4) is 0 Å². The number of likely N-dealkylation sites (tertiary alicyclic amines) is 2. The Kier molecular flexibility index (Phi) is 9.40. The third-order valence-electron chi connectivity index (χ3n) is 7.33. The molecule has 0 radical (unpaired) electrons. The third kappa shape index (κ3) is 6.19. The number of nitrogens with zero attached hydrogens (tertiary/aromatic N) is 7. The van der Waals surface area contributed by atoms with E-state index in [1.807, 2.05) is 18.1 Å². The van der Waals surface area contributed by atoms with Gasteiger partial charge in [0.05, 0.1) is 18.4 Å². The van der Waals surface area contributed by atoms with Crippen molar-refractivity contribution in [2.45, 2.75) is 44.6 Å². The van der Waals surface area contributed by atoms with Crippen LogP contribution in [0.5, 0.6) is 0 Å². The Morgan fingerprint density at radius 3 is 2.42 bits per heavy atom. The first-order chi connectivity index (χ1) is 15.5. The van der Waals surface area contributed by atoms with Gasteiger partial charge in [-0.05, 0) is 65.8 Å². The van der Waals surface area contributed by atoms with Gasteiger partial charge in [-0.2, -0.15) is 5.10 Å². The van der Waals surface area contributed by atoms with E-state index in [0.29, 0.717) is 13.1 Å². The van der Waals surface area contributed by atoms with Crippen LogP contribution in [0.3, 0.4) is 0 Å². The van der Waals surface area contributed by atoms with Crippen molar-refractivity contribution in [3.63, 3.8) is 0 Å². The fourth-order valence-corrected chi connectivity index (χ4v) is 5.30. The molecular weight excluding hydrogens is 531 g/mol. The second-order valence-corrected chi connectivity index (χ2v) is 9.58. The van der Waals surface area contributed by atoms with Crippen LogP contribution in [0.25, 0.3) is 0 Å². The molecule has 3 aliphatic rings. The molecule has 3 saturated heterocycles. The first kappa shape index (κ1) is 26.2. The van der Waals surface area contributed by atoms with Gasteiger partial charge < -0.3 is 20.0 Å². The van der Waals surface area contributed by atoms with Crippen LogP contribution in [0.15, 0.2) is 17.4 Å². The number of aliphatic imine (C=N–C) groups is 1. The first-order valence-corrected chi connectivity index (χ1v) is 12.3. The summed E-state index contributed by atoms with van der Waals surface area (Å²) in [5, 5.41) is 7.67. The number of guanidine groups is 1. The van der Waals surface area contributed by atoms with Crippen LogP contribution >= 0.6 is 24.0 Å². The molecule has 9 nitrogen and oxygen atoms in total. The topological polar surface area (TPSA) is 72.2 Å². The maximum Gasteiger partial charge on any atom is 0.246 e. The predicted octanol–water partition coefficient (Wildman–Crippen LogP) is 1.60. The molecule has 0 spiro atoms. The van der Waals surface area contributed by atoms with E-state index < -0.39 is 0 Å². The van der Waals surface area contributed by atoms with Gasteiger partial charge in [0.1, 0.15) is 6.54 Å². The van der Waals surface area contributed by atoms with E-state index in [4.69, 9.17) is 4.99 Å². The molecule has 0 unspecified atom stereocenters. The van der Waals surface area contributed by atoms with Crippen molar-refractivity contribution >= 4 is 41.5 Å². The molecule has 0 atom stereocenters. The zero-order valence-electron chi connectivity index (χ0n) is 20.5. The summed E-state index contributed by atoms with van der Waals surface area (Å²) in [5.41, 5.74) is 1.02. The lowest BCUT2D eigenvalue weighted by atomic mass is 9.84. The Morgan fingerprint density at radius 1 is 1.09 bits per heavy atom. The quantitative estimate of drug-likeness (QED) is 0.329. The number of aromatic nitrogens is 2. The van der Waals surface area contributed by atoms with Gasteiger partial charge in [-0.3, -0.25) is 19.4 Å². The van der Waals surface area contributed by atoms with Crippen molar-refractivity contribution in [2.75, 3.05) is 70.9 Å². The Morgan fingerprint density at radius 2 is 1.82 bits per heavy atom. The van der Waals surface area contributed by atoms with Crippen LogP contribution in [0, 0.1) is 0 Å². The van der Waals surface area contributed by atoms with Crippen LogP contribution < -0.4 is 10.2 Å². The first-order valence-electron chi connectivity index (χ1n) is 12.3. The molecule has 186 valence electrons. The average Bonchev–Trinajstić information content (AvgIpc) is 3.24. The van der Waals surface area contributed by atoms with Crippen molar-refractivity contribution in [1.82, 2.24) is 29.8 Å². The second kappa shape index (κ2) is 11.8. The van der Waals surface area contributed by atoms with Crippen molar-refractivity contribution in [3.05, 3.63) is 12.4 Å². The smallest absolute Gasteiger partial charge is 0.246 e. The summed E-state index contributed by atoms with van der Waals surface area (Å²) in [7, 11) is 4.10. The van der Waals surface area contributed by atoms with E-state index in [2.05, 4.69) is 39.1 Å². The summed E-state index contributed by atoms with van der Waals surface area (Å²) < 4.78 is 1.74. The monoisotopic (exact) mass is 572 g/mol. The van der Waals surface area contributed by atoms with Gasteiger partial charge in [-0.15, -0.1) is 24.0 Å². The number of carbonyl (C=O) groups excluding carboxylic acids is 1. The van der Waals surface area contributed by atoms with Crippen molar-refractivity contribution in [1.29, 1.82) is 0 Å². The molecule has 1 amide bonds. The van der Waals surface area contributed by atoms with Gasteiger partial charge in [0.15, 0.2) is 5.96 Å². The van der Waals surface area contributed by atoms with Gasteiger partial charge in [-0.1, -0.05) is 6.42 Å². The van der Waals surface area contributed by atoms with Gasteiger partial charge in [0.25, 0.3) is 0 Å². The highest BCUT2D eigenvalue weighted by molar-refractivity contribution is 14.0. The number of halogens is 1. The average molecular weight is 573 g/mol. The number of hydrogen-bond acceptors (Lipinski definition) is 5. The molecule has 4 heterocycles. The lowest BCUT2D eigenvalue weighted by molar-refractivity contribution is -0.120. The SMILES string of the molecule is CCNC(=NCC1(N2CCCCC2)CCN(C)CC1)N1CCN(c2cnn(C)c2)C(=O)C1.I. The number of piperidine rings is 2. The van der Waals surface area contributed by atoms with Gasteiger partial charge >= 0.3 is 0 Å². The van der Waals surface area contributed by atoms with Gasteiger partial charge in [0, 0.05) is 38.4 Å². The molecule has 0 saturated carbocycles. The standard InChI is InChI=1S/C23H40N8O.HI/c1-4-24-22(29-14-15-31(21(32)18-29)20-16-26-28(3)17-20)25-19-23(8-12-27(2)13-9-23)30-10-6-5-7-11-30;/h16-17H,4-15,18-19H2,1-3H3,(H,24,25);1H. The number of hydrogen-bond donors (Lipinski definition) is 1. The van der Waals surface area contributed by atoms with Crippen LogP contribution in [-0.4, -0.2) is 108 Å². The minimum Gasteiger partial charge on any atom is -0.357 e. The molecule has 3 aliphatic heterocycles. The number of anilines is 1. The lowest BCUT2D eigenvalue weighted by Gasteiger charge is -2.49. The van der Waals surface area contributed by atoms with Crippen LogP contribution in [0.4, 0.5) is 5.69 Å². The molecule has 1 aromatic rings. The zero-order chi connectivity index (χ0) is 22.6. The molecule has 10 heteroatoms. The molecule has 0 aliphatic carbocycles. The Labute approximate surface area is 215 Å². The van der Waals surface area contributed by atoms with Crippen LogP contribution in [-0.2, 0) is 11.8 Å². The van der Waals surface area contributed by atoms with E-state index in [-0.39, 0.29) is 35.4 Å². The second-order valence-electron chi connectivity index (χ2n) is 9.58. The normalized spacial score (nSPS) is 22.9. The molecule has 0 aromatic carbocycles. The fraction of sp³-hybridized carbons (Fsp3) is 0.783. The largest absolute Gasteiger partial charge is 0.357 e. The molecule has 3 fully saturated rings. The molecular formula is C23H41IN8O. The highest BCUT2D eigenvalue weighted by atomic mass is 127. The van der Waals surface area contributed by atoms with Crippen LogP contribution in [0.2, 0.25) is 0 Å². The predicted molar refractivity (Wildman–Crippen MR) is 143 cm³/mol. The number of amides is 1. The minimum absolute atomic E-state index is 0. The fourth-order valence-electron chi connectivity index (χ4n) is 5.30. The van der Waals surface area contributed by atoms with E-state index in [9.17, 15) is 4.79 Å². The Hall–Kier alpha value is -1.40. The number of piperazine rings is 1. The molecule has 33 heavy (non-hydrogen) atoms. The number of carbonyl (C=O) groups is 1. The maximum atomic E-state index is 12.9. The number of aryl methyl sites for hydroxylation is 1. The Bertz CT molecular complexity index is 798. The van der Waals surface area contributed by atoms with Gasteiger partial charge in [-0.25, -0.2) is 0 Å². The summed E-state index contributed by atoms with van der Waals surface area (Å²) in [6.07, 6.45) is 9.94.